The van der Waals surface area contributed by atoms with Crippen LogP contribution in [0.3, 0.4) is 0 Å². The highest BCUT2D eigenvalue weighted by Crippen LogP contribution is 2.34. The van der Waals surface area contributed by atoms with Gasteiger partial charge >= 0.3 is 0 Å². The van der Waals surface area contributed by atoms with Crippen LogP contribution in [0.4, 0.5) is 5.69 Å². The molecule has 4 rings (SSSR count). The number of fused-ring (bicyclic) bond motifs is 3. The highest BCUT2D eigenvalue weighted by molar-refractivity contribution is 6.09. The Balaban J connectivity index is 2.07. The molecule has 96 valence electrons. The molecule has 20 heavy (non-hydrogen) atoms. The molecular weight excluding hydrogens is 248 g/mol. The molecule has 0 fully saturated rings. The van der Waals surface area contributed by atoms with Gasteiger partial charge in [-0.05, 0) is 24.3 Å². The number of nitrogens with zero attached hydrogens (tertiary/aromatic N) is 1. The maximum absolute atomic E-state index is 6.00. The molecule has 0 saturated carbocycles. The number of furan rings is 1. The van der Waals surface area contributed by atoms with Crippen LogP contribution in [0.5, 0.6) is 0 Å². The van der Waals surface area contributed by atoms with Gasteiger partial charge in [0.2, 0.25) is 0 Å². The third-order valence-electron chi connectivity index (χ3n) is 3.47. The summed E-state index contributed by atoms with van der Waals surface area (Å²) in [6.07, 6.45) is 1.66. The molecule has 0 atom stereocenters. The van der Waals surface area contributed by atoms with E-state index in [4.69, 9.17) is 10.2 Å². The number of nitrogens with two attached hydrogens (primary N) is 1. The van der Waals surface area contributed by atoms with Crippen molar-refractivity contribution >= 4 is 27.6 Å². The molecule has 0 aliphatic heterocycles. The predicted octanol–water partition coefficient (Wildman–Crippen LogP) is 4.23. The standard InChI is InChI=1S/C17H12N2O/c18-11-8-9-15(19-10-11)14-6-3-5-13-12-4-1-2-7-16(12)20-17(13)14/h1-10H,18H2. The van der Waals surface area contributed by atoms with Crippen LogP contribution in [0.25, 0.3) is 33.2 Å². The van der Waals surface area contributed by atoms with Crippen LogP contribution >= 0.6 is 0 Å². The van der Waals surface area contributed by atoms with Gasteiger partial charge in [-0.1, -0.05) is 30.3 Å². The van der Waals surface area contributed by atoms with Crippen molar-refractivity contribution in [2.45, 2.75) is 0 Å². The van der Waals surface area contributed by atoms with E-state index in [1.54, 1.807) is 6.20 Å². The van der Waals surface area contributed by atoms with Gasteiger partial charge in [0, 0.05) is 16.3 Å². The smallest absolute Gasteiger partial charge is 0.144 e. The Kier molecular flexibility index (Phi) is 2.27. The zero-order valence-corrected chi connectivity index (χ0v) is 10.7. The van der Waals surface area contributed by atoms with Gasteiger partial charge in [0.25, 0.3) is 0 Å². The first-order chi connectivity index (χ1) is 9.83. The Morgan fingerprint density at radius 3 is 2.55 bits per heavy atom. The Morgan fingerprint density at radius 1 is 0.850 bits per heavy atom. The van der Waals surface area contributed by atoms with Crippen molar-refractivity contribution in [3.05, 3.63) is 60.8 Å². The zero-order chi connectivity index (χ0) is 13.5. The fourth-order valence-corrected chi connectivity index (χ4v) is 2.51. The molecular formula is C17H12N2O. The highest BCUT2D eigenvalue weighted by Gasteiger charge is 2.11. The fraction of sp³-hybridized carbons (Fsp3) is 0. The molecule has 3 nitrogen and oxygen atoms in total. The number of para-hydroxylation sites is 2. The molecule has 2 N–H and O–H groups in total. The summed E-state index contributed by atoms with van der Waals surface area (Å²) >= 11 is 0. The van der Waals surface area contributed by atoms with Crippen molar-refractivity contribution in [1.29, 1.82) is 0 Å². The Labute approximate surface area is 115 Å². The second-order valence-corrected chi connectivity index (χ2v) is 4.76. The van der Waals surface area contributed by atoms with E-state index in [1.165, 1.54) is 0 Å². The summed E-state index contributed by atoms with van der Waals surface area (Å²) in [7, 11) is 0. The second-order valence-electron chi connectivity index (χ2n) is 4.76. The summed E-state index contributed by atoms with van der Waals surface area (Å²) < 4.78 is 6.00. The van der Waals surface area contributed by atoms with Gasteiger partial charge in [0.05, 0.1) is 17.6 Å². The molecule has 0 bridgehead atoms. The average Bonchev–Trinajstić information content (AvgIpc) is 2.87. The third kappa shape index (κ3) is 1.57. The fourth-order valence-electron chi connectivity index (χ4n) is 2.51. The van der Waals surface area contributed by atoms with Crippen molar-refractivity contribution < 1.29 is 4.42 Å². The van der Waals surface area contributed by atoms with Gasteiger partial charge in [-0.2, -0.15) is 0 Å². The number of benzene rings is 2. The van der Waals surface area contributed by atoms with E-state index in [1.807, 2.05) is 42.5 Å². The molecule has 2 aromatic carbocycles. The number of anilines is 1. The maximum atomic E-state index is 6.00. The predicted molar refractivity (Wildman–Crippen MR) is 81.4 cm³/mol. The number of aromatic nitrogens is 1. The second kappa shape index (κ2) is 4.10. The SMILES string of the molecule is Nc1ccc(-c2cccc3c2oc2ccccc23)nc1. The van der Waals surface area contributed by atoms with Crippen LogP contribution in [0.15, 0.2) is 65.2 Å². The normalized spacial score (nSPS) is 11.2. The number of nitrogen functional groups attached to an aromatic ring is 1. The van der Waals surface area contributed by atoms with Crippen molar-refractivity contribution in [2.24, 2.45) is 0 Å². The first kappa shape index (κ1) is 11.1. The number of pyridine rings is 1. The Bertz CT molecular complexity index is 907. The van der Waals surface area contributed by atoms with Gasteiger partial charge in [0.15, 0.2) is 0 Å². The van der Waals surface area contributed by atoms with Crippen LogP contribution in [0.2, 0.25) is 0 Å². The molecule has 0 aliphatic rings. The minimum Gasteiger partial charge on any atom is -0.455 e. The lowest BCUT2D eigenvalue weighted by atomic mass is 10.1. The molecule has 4 aromatic rings. The molecule has 2 aromatic heterocycles. The minimum absolute atomic E-state index is 0.658. The lowest BCUT2D eigenvalue weighted by Gasteiger charge is -2.02. The molecule has 0 amide bonds. The van der Waals surface area contributed by atoms with Crippen LogP contribution in [0, 0.1) is 0 Å². The largest absolute Gasteiger partial charge is 0.455 e. The van der Waals surface area contributed by atoms with E-state index < -0.39 is 0 Å². The van der Waals surface area contributed by atoms with Gasteiger partial charge in [-0.25, -0.2) is 0 Å². The summed E-state index contributed by atoms with van der Waals surface area (Å²) in [5.74, 6) is 0. The van der Waals surface area contributed by atoms with E-state index >= 15 is 0 Å². The summed E-state index contributed by atoms with van der Waals surface area (Å²) in [5.41, 5.74) is 9.96. The van der Waals surface area contributed by atoms with Crippen LogP contribution < -0.4 is 5.73 Å². The number of hydrogen-bond acceptors (Lipinski definition) is 3. The van der Waals surface area contributed by atoms with Crippen LogP contribution in [0.1, 0.15) is 0 Å². The van der Waals surface area contributed by atoms with Gasteiger partial charge in [0.1, 0.15) is 11.2 Å². The molecule has 2 heterocycles. The summed E-state index contributed by atoms with van der Waals surface area (Å²) in [6, 6.07) is 17.9. The molecule has 0 saturated heterocycles. The van der Waals surface area contributed by atoms with E-state index in [9.17, 15) is 0 Å². The average molecular weight is 260 g/mol. The van der Waals surface area contributed by atoms with Crippen LogP contribution in [-0.4, -0.2) is 4.98 Å². The van der Waals surface area contributed by atoms with Crippen molar-refractivity contribution in [1.82, 2.24) is 4.98 Å². The monoisotopic (exact) mass is 260 g/mol. The van der Waals surface area contributed by atoms with E-state index in [2.05, 4.69) is 17.1 Å². The highest BCUT2D eigenvalue weighted by atomic mass is 16.3. The first-order valence-corrected chi connectivity index (χ1v) is 6.45. The van der Waals surface area contributed by atoms with Gasteiger partial charge in [-0.3, -0.25) is 4.98 Å². The number of hydrogen-bond donors (Lipinski definition) is 1. The van der Waals surface area contributed by atoms with Crippen molar-refractivity contribution in [3.63, 3.8) is 0 Å². The Hall–Kier alpha value is -2.81. The first-order valence-electron chi connectivity index (χ1n) is 6.45. The zero-order valence-electron chi connectivity index (χ0n) is 10.7. The lowest BCUT2D eigenvalue weighted by Crippen LogP contribution is -1.88. The maximum Gasteiger partial charge on any atom is 0.144 e. The van der Waals surface area contributed by atoms with Crippen LogP contribution in [-0.2, 0) is 0 Å². The quantitative estimate of drug-likeness (QED) is 0.557. The molecule has 0 radical (unpaired) electrons. The summed E-state index contributed by atoms with van der Waals surface area (Å²) in [6.45, 7) is 0. The number of rotatable bonds is 1. The third-order valence-corrected chi connectivity index (χ3v) is 3.47. The van der Waals surface area contributed by atoms with Gasteiger partial charge < -0.3 is 10.2 Å². The molecule has 3 heteroatoms. The Morgan fingerprint density at radius 2 is 1.70 bits per heavy atom. The van der Waals surface area contributed by atoms with E-state index in [0.717, 1.165) is 33.2 Å². The van der Waals surface area contributed by atoms with Crippen molar-refractivity contribution in [3.8, 4) is 11.3 Å². The van der Waals surface area contributed by atoms with Gasteiger partial charge in [-0.15, -0.1) is 0 Å². The van der Waals surface area contributed by atoms with E-state index in [0.29, 0.717) is 5.69 Å². The topological polar surface area (TPSA) is 52.0 Å². The van der Waals surface area contributed by atoms with Crippen molar-refractivity contribution in [2.75, 3.05) is 5.73 Å². The molecule has 0 spiro atoms. The summed E-state index contributed by atoms with van der Waals surface area (Å²) in [4.78, 5) is 4.38. The summed E-state index contributed by atoms with van der Waals surface area (Å²) in [5, 5.41) is 2.23. The lowest BCUT2D eigenvalue weighted by molar-refractivity contribution is 0.670. The minimum atomic E-state index is 0.658. The molecule has 0 aliphatic carbocycles. The molecule has 0 unspecified atom stereocenters. The van der Waals surface area contributed by atoms with E-state index in [-0.39, 0.29) is 0 Å².